The summed E-state index contributed by atoms with van der Waals surface area (Å²) in [5.41, 5.74) is 1.11. The minimum atomic E-state index is 0.0217. The first-order valence-electron chi connectivity index (χ1n) is 6.27. The Kier molecular flexibility index (Phi) is 6.32. The maximum Gasteiger partial charge on any atom is 0.261 e. The maximum atomic E-state index is 12.0. The molecule has 0 bridgehead atoms. The van der Waals surface area contributed by atoms with Gasteiger partial charge in [-0.15, -0.1) is 11.3 Å². The molecule has 1 aromatic heterocycles. The van der Waals surface area contributed by atoms with Crippen molar-refractivity contribution in [2.45, 2.75) is 33.7 Å². The van der Waals surface area contributed by atoms with Crippen molar-refractivity contribution in [2.75, 3.05) is 19.6 Å². The minimum absolute atomic E-state index is 0.0217. The number of nitrogens with zero attached hydrogens (tertiary/aromatic N) is 1. The van der Waals surface area contributed by atoms with Crippen molar-refractivity contribution < 1.29 is 4.79 Å². The lowest BCUT2D eigenvalue weighted by molar-refractivity contribution is 0.0934. The van der Waals surface area contributed by atoms with Crippen LogP contribution in [0.15, 0.2) is 9.85 Å². The summed E-state index contributed by atoms with van der Waals surface area (Å²) in [5, 5.41) is 3.04. The second kappa shape index (κ2) is 7.26. The van der Waals surface area contributed by atoms with Gasteiger partial charge in [0.1, 0.15) is 0 Å². The van der Waals surface area contributed by atoms with Crippen molar-refractivity contribution >= 4 is 33.2 Å². The maximum absolute atomic E-state index is 12.0. The zero-order valence-electron chi connectivity index (χ0n) is 11.4. The quantitative estimate of drug-likeness (QED) is 0.866. The first kappa shape index (κ1) is 15.7. The molecule has 0 fully saturated rings. The molecule has 1 heterocycles. The van der Waals surface area contributed by atoms with Gasteiger partial charge >= 0.3 is 0 Å². The first-order valence-corrected chi connectivity index (χ1v) is 7.88. The number of carbonyl (C=O) groups is 1. The third kappa shape index (κ3) is 4.37. The molecule has 0 spiro atoms. The third-order valence-corrected chi connectivity index (χ3v) is 5.02. The van der Waals surface area contributed by atoms with E-state index in [4.69, 9.17) is 0 Å². The Balaban J connectivity index is 2.54. The highest BCUT2D eigenvalue weighted by atomic mass is 79.9. The number of aryl methyl sites for hydroxylation is 1. The van der Waals surface area contributed by atoms with Crippen LogP contribution in [0.2, 0.25) is 0 Å². The summed E-state index contributed by atoms with van der Waals surface area (Å²) < 4.78 is 1.03. The van der Waals surface area contributed by atoms with Gasteiger partial charge in [-0.25, -0.2) is 0 Å². The van der Waals surface area contributed by atoms with E-state index < -0.39 is 0 Å². The average molecular weight is 333 g/mol. The van der Waals surface area contributed by atoms with Crippen molar-refractivity contribution in [3.8, 4) is 0 Å². The average Bonchev–Trinajstić information content (AvgIpc) is 2.66. The molecule has 0 aliphatic heterocycles. The fraction of sp³-hybridized carbons (Fsp3) is 0.615. The van der Waals surface area contributed by atoms with Crippen LogP contribution in [0.3, 0.4) is 0 Å². The van der Waals surface area contributed by atoms with Gasteiger partial charge in [0.2, 0.25) is 0 Å². The monoisotopic (exact) mass is 332 g/mol. The number of rotatable bonds is 6. The van der Waals surface area contributed by atoms with E-state index in [0.29, 0.717) is 0 Å². The highest BCUT2D eigenvalue weighted by molar-refractivity contribution is 9.11. The van der Waals surface area contributed by atoms with Crippen LogP contribution >= 0.6 is 27.3 Å². The molecule has 5 heteroatoms. The van der Waals surface area contributed by atoms with Crippen molar-refractivity contribution in [1.82, 2.24) is 10.2 Å². The summed E-state index contributed by atoms with van der Waals surface area (Å²) in [6, 6.07) is 2.09. The van der Waals surface area contributed by atoms with Crippen molar-refractivity contribution in [3.63, 3.8) is 0 Å². The molecular formula is C13H21BrN2OS. The van der Waals surface area contributed by atoms with Crippen LogP contribution in [0.1, 0.15) is 36.0 Å². The number of carbonyl (C=O) groups excluding carboxylic acids is 1. The molecule has 1 aromatic rings. The number of halogens is 1. The molecule has 0 aliphatic carbocycles. The van der Waals surface area contributed by atoms with Gasteiger partial charge < -0.3 is 10.2 Å². The molecule has 1 amide bonds. The normalized spacial score (nSPS) is 12.8. The van der Waals surface area contributed by atoms with E-state index in [2.05, 4.69) is 40.0 Å². The summed E-state index contributed by atoms with van der Waals surface area (Å²) in [5.74, 6) is 0.0217. The fourth-order valence-electron chi connectivity index (χ4n) is 1.78. The van der Waals surface area contributed by atoms with Gasteiger partial charge in [-0.3, -0.25) is 4.79 Å². The summed E-state index contributed by atoms with van der Waals surface area (Å²) >= 11 is 4.93. The molecule has 18 heavy (non-hydrogen) atoms. The van der Waals surface area contributed by atoms with Gasteiger partial charge in [0.15, 0.2) is 0 Å². The van der Waals surface area contributed by atoms with Crippen LogP contribution in [-0.2, 0) is 0 Å². The number of hydrogen-bond acceptors (Lipinski definition) is 3. The smallest absolute Gasteiger partial charge is 0.261 e. The van der Waals surface area contributed by atoms with Crippen LogP contribution < -0.4 is 5.32 Å². The molecule has 0 aliphatic rings. The fourth-order valence-corrected chi connectivity index (χ4v) is 3.22. The zero-order chi connectivity index (χ0) is 13.7. The Bertz CT molecular complexity index is 382. The molecule has 102 valence electrons. The third-order valence-electron chi connectivity index (χ3n) is 2.88. The van der Waals surface area contributed by atoms with Gasteiger partial charge in [0, 0.05) is 12.6 Å². The number of nitrogens with one attached hydrogen (secondary N) is 1. The van der Waals surface area contributed by atoms with Gasteiger partial charge in [-0.05, 0) is 54.5 Å². The topological polar surface area (TPSA) is 32.3 Å². The number of thiophene rings is 1. The van der Waals surface area contributed by atoms with Gasteiger partial charge in [0.25, 0.3) is 5.91 Å². The minimum Gasteiger partial charge on any atom is -0.348 e. The van der Waals surface area contributed by atoms with Crippen molar-refractivity contribution in [3.05, 3.63) is 20.3 Å². The van der Waals surface area contributed by atoms with Gasteiger partial charge in [-0.1, -0.05) is 13.8 Å². The highest BCUT2D eigenvalue weighted by Crippen LogP contribution is 2.27. The number of amides is 1. The Morgan fingerprint density at radius 1 is 1.50 bits per heavy atom. The van der Waals surface area contributed by atoms with Crippen LogP contribution in [0.25, 0.3) is 0 Å². The van der Waals surface area contributed by atoms with E-state index in [9.17, 15) is 4.79 Å². The molecule has 1 N–H and O–H groups in total. The highest BCUT2D eigenvalue weighted by Gasteiger charge is 2.14. The number of likely N-dealkylation sites (N-methyl/N-ethyl adjacent to an activating group) is 1. The Morgan fingerprint density at radius 2 is 2.11 bits per heavy atom. The van der Waals surface area contributed by atoms with E-state index in [1.165, 1.54) is 11.3 Å². The van der Waals surface area contributed by atoms with Gasteiger partial charge in [0.05, 0.1) is 8.66 Å². The molecule has 1 rings (SSSR count). The predicted octanol–water partition coefficient (Wildman–Crippen LogP) is 3.28. The van der Waals surface area contributed by atoms with Crippen LogP contribution in [0.4, 0.5) is 0 Å². The van der Waals surface area contributed by atoms with E-state index in [1.54, 1.807) is 0 Å². The van der Waals surface area contributed by atoms with Crippen molar-refractivity contribution in [2.24, 2.45) is 0 Å². The lowest BCUT2D eigenvalue weighted by Gasteiger charge is -2.23. The second-order valence-electron chi connectivity index (χ2n) is 4.43. The summed E-state index contributed by atoms with van der Waals surface area (Å²) in [6.07, 6.45) is 0. The summed E-state index contributed by atoms with van der Waals surface area (Å²) in [7, 11) is 0. The predicted molar refractivity (Wildman–Crippen MR) is 81.5 cm³/mol. The molecule has 0 saturated carbocycles. The summed E-state index contributed by atoms with van der Waals surface area (Å²) in [6.45, 7) is 11.2. The molecular weight excluding hydrogens is 312 g/mol. The number of hydrogen-bond donors (Lipinski definition) is 1. The largest absolute Gasteiger partial charge is 0.348 e. The molecule has 0 aromatic carbocycles. The van der Waals surface area contributed by atoms with Crippen molar-refractivity contribution in [1.29, 1.82) is 0 Å². The zero-order valence-corrected chi connectivity index (χ0v) is 13.8. The Labute approximate surface area is 122 Å². The van der Waals surface area contributed by atoms with Crippen LogP contribution in [0, 0.1) is 6.92 Å². The molecule has 1 unspecified atom stereocenters. The van der Waals surface area contributed by atoms with E-state index in [-0.39, 0.29) is 11.9 Å². The SMILES string of the molecule is CCN(CC)CC(C)NC(=O)c1cc(C)c(Br)s1. The van der Waals surface area contributed by atoms with Gasteiger partial charge in [-0.2, -0.15) is 0 Å². The first-order chi connectivity index (χ1) is 8.47. The molecule has 0 saturated heterocycles. The lowest BCUT2D eigenvalue weighted by atomic mass is 10.2. The molecule has 3 nitrogen and oxygen atoms in total. The van der Waals surface area contributed by atoms with E-state index in [0.717, 1.165) is 33.9 Å². The second-order valence-corrected chi connectivity index (χ2v) is 6.80. The standard InChI is InChI=1S/C13H21BrN2OS/c1-5-16(6-2)8-10(4)15-13(17)11-7-9(3)12(14)18-11/h7,10H,5-6,8H2,1-4H3,(H,15,17). The van der Waals surface area contributed by atoms with Crippen LogP contribution in [-0.4, -0.2) is 36.5 Å². The summed E-state index contributed by atoms with van der Waals surface area (Å²) in [4.78, 5) is 15.1. The lowest BCUT2D eigenvalue weighted by Crippen LogP contribution is -2.41. The molecule has 1 atom stereocenters. The van der Waals surface area contributed by atoms with E-state index >= 15 is 0 Å². The van der Waals surface area contributed by atoms with E-state index in [1.807, 2.05) is 19.9 Å². The Morgan fingerprint density at radius 3 is 2.56 bits per heavy atom. The Hall–Kier alpha value is -0.390. The molecule has 0 radical (unpaired) electrons. The van der Waals surface area contributed by atoms with Crippen LogP contribution in [0.5, 0.6) is 0 Å².